The van der Waals surface area contributed by atoms with Gasteiger partial charge in [0.2, 0.25) is 0 Å². The maximum absolute atomic E-state index is 9.77. The van der Waals surface area contributed by atoms with Crippen LogP contribution in [0.2, 0.25) is 0 Å². The third kappa shape index (κ3) is 6.66. The second-order valence-electron chi connectivity index (χ2n) is 19.2. The molecule has 342 valence electrons. The molecule has 0 fully saturated rings. The number of ether oxygens (including phenoxy) is 1. The van der Waals surface area contributed by atoms with E-state index < -0.39 is 30.4 Å². The first-order valence-electron chi connectivity index (χ1n) is 27.0. The number of hydrogen-bond acceptors (Lipinski definition) is 4. The molecule has 0 bridgehead atoms. The molecule has 13 rings (SSSR count). The number of nitrogens with zero attached hydrogens (tertiary/aromatic N) is 5. The van der Waals surface area contributed by atoms with Crippen molar-refractivity contribution in [1.82, 2.24) is 14.1 Å². The summed E-state index contributed by atoms with van der Waals surface area (Å²) in [6.45, 7) is 10.0. The van der Waals surface area contributed by atoms with Gasteiger partial charge in [0.1, 0.15) is 0 Å². The standard InChI is InChI=1S/C62H48BN5O.Pt/c1-40(2)36-43-37-57(64-61-58(43)51-26-17-25-50-49-22-9-10-27-52(49)67-55-30-13-14-31-56(55)68(61)63(67)59(50)51)69-46-21-15-20-45(38-46)65-39-66(54-29-12-11-28-53(54)65)60-47(41-18-7-6-8-19-41)23-16-24-48(60)42-32-34-44(35-33-42)62(3,4)5;/h6-30,32-35,37,40H,36H2,1-5H3;/q-2;/i6D,7D,8D,18D,19D,36D2;. The number of fused-ring (bicyclic) bond motifs is 10. The Morgan fingerprint density at radius 2 is 1.37 bits per heavy atom. The van der Waals surface area contributed by atoms with Crippen LogP contribution in [0.4, 0.5) is 22.9 Å². The van der Waals surface area contributed by atoms with E-state index in [1.165, 1.54) is 0 Å². The van der Waals surface area contributed by atoms with Gasteiger partial charge in [-0.3, -0.25) is 0 Å². The molecule has 5 heterocycles. The van der Waals surface area contributed by atoms with Gasteiger partial charge in [0.25, 0.3) is 0 Å². The zero-order valence-electron chi connectivity index (χ0n) is 46.0. The molecular formula is C62H48BN5OPt-2. The van der Waals surface area contributed by atoms with E-state index in [9.17, 15) is 5.48 Å². The molecular weight excluding hydrogens is 1040 g/mol. The molecule has 6 nitrogen and oxygen atoms in total. The number of benzene rings is 8. The molecule has 0 atom stereocenters. The van der Waals surface area contributed by atoms with Gasteiger partial charge in [-0.15, -0.1) is 6.07 Å². The first kappa shape index (κ1) is 35.6. The van der Waals surface area contributed by atoms with E-state index in [0.717, 1.165) is 72.5 Å². The van der Waals surface area contributed by atoms with Crippen LogP contribution < -0.4 is 19.8 Å². The monoisotopic (exact) mass is 1090 g/mol. The van der Waals surface area contributed by atoms with E-state index in [2.05, 4.69) is 144 Å². The van der Waals surface area contributed by atoms with Crippen molar-refractivity contribution >= 4 is 46.4 Å². The molecule has 70 heavy (non-hydrogen) atoms. The molecule has 8 heteroatoms. The molecule has 10 aromatic rings. The van der Waals surface area contributed by atoms with E-state index in [-0.39, 0.29) is 35.9 Å². The maximum atomic E-state index is 9.77. The van der Waals surface area contributed by atoms with Gasteiger partial charge in [-0.1, -0.05) is 30.3 Å². The van der Waals surface area contributed by atoms with Crippen molar-refractivity contribution in [2.24, 2.45) is 5.92 Å². The van der Waals surface area contributed by atoms with Gasteiger partial charge in [0, 0.05) is 11.3 Å². The van der Waals surface area contributed by atoms with E-state index in [4.69, 9.17) is 13.8 Å². The number of pyridine rings is 1. The summed E-state index contributed by atoms with van der Waals surface area (Å²) in [6, 6.07) is 55.5. The van der Waals surface area contributed by atoms with Crippen molar-refractivity contribution in [3.05, 3.63) is 209 Å². The quantitative estimate of drug-likeness (QED) is 0.112. The molecule has 3 aliphatic heterocycles. The molecule has 0 aliphatic carbocycles. The number of para-hydroxylation sites is 5. The van der Waals surface area contributed by atoms with Crippen molar-refractivity contribution < 1.29 is 33.7 Å². The van der Waals surface area contributed by atoms with Crippen molar-refractivity contribution in [2.75, 3.05) is 9.62 Å². The van der Waals surface area contributed by atoms with Crippen LogP contribution in [-0.4, -0.2) is 21.1 Å². The predicted molar refractivity (Wildman–Crippen MR) is 283 cm³/mol. The van der Waals surface area contributed by atoms with E-state index in [1.54, 1.807) is 6.07 Å². The Morgan fingerprint density at radius 1 is 0.700 bits per heavy atom. The average Bonchev–Trinajstić information content (AvgIpc) is 3.99. The number of hydrogen-bond donors (Lipinski definition) is 0. The fraction of sp³-hybridized carbons (Fsp3) is 0.129. The average molecular weight is 1090 g/mol. The van der Waals surface area contributed by atoms with E-state index in [0.29, 0.717) is 37.9 Å². The summed E-state index contributed by atoms with van der Waals surface area (Å²) in [4.78, 5) is 9.90. The van der Waals surface area contributed by atoms with Gasteiger partial charge >= 0.3 is 361 Å². The van der Waals surface area contributed by atoms with Crippen LogP contribution in [-0.2, 0) is 31.1 Å². The van der Waals surface area contributed by atoms with Crippen LogP contribution in [0.1, 0.15) is 55.3 Å². The Labute approximate surface area is 430 Å². The number of rotatable bonds is 8. The Balaban J connectivity index is 0.994. The molecule has 0 saturated carbocycles. The number of aromatic nitrogens is 3. The van der Waals surface area contributed by atoms with E-state index >= 15 is 0 Å². The van der Waals surface area contributed by atoms with Crippen molar-refractivity contribution in [3.63, 3.8) is 0 Å². The predicted octanol–water partition coefficient (Wildman–Crippen LogP) is 14.8. The van der Waals surface area contributed by atoms with Crippen LogP contribution in [0.15, 0.2) is 182 Å². The van der Waals surface area contributed by atoms with Crippen LogP contribution in [0.3, 0.4) is 0 Å². The van der Waals surface area contributed by atoms with Gasteiger partial charge < -0.3 is 0 Å². The topological polar surface area (TPSA) is 38.5 Å². The summed E-state index contributed by atoms with van der Waals surface area (Å²) in [7, 11) is 0. The summed E-state index contributed by atoms with van der Waals surface area (Å²) in [5.74, 6) is 0.728. The minimum atomic E-state index is -1.81. The third-order valence-electron chi connectivity index (χ3n) is 13.5. The zero-order valence-corrected chi connectivity index (χ0v) is 41.3. The number of anilines is 4. The number of imidazole rings is 1. The molecule has 0 N–H and O–H groups in total. The van der Waals surface area contributed by atoms with Crippen LogP contribution in [0.5, 0.6) is 11.6 Å². The Hall–Kier alpha value is -7.47. The molecule has 0 saturated heterocycles. The van der Waals surface area contributed by atoms with Gasteiger partial charge in [-0.2, -0.15) is 12.1 Å². The molecule has 3 aliphatic rings. The van der Waals surface area contributed by atoms with Gasteiger partial charge in [0.15, 0.2) is 0 Å². The van der Waals surface area contributed by atoms with Crippen LogP contribution >= 0.6 is 0 Å². The first-order chi connectivity index (χ1) is 36.9. The molecule has 2 aromatic heterocycles. The summed E-state index contributed by atoms with van der Waals surface area (Å²) in [6.07, 6.45) is -1.81. The van der Waals surface area contributed by atoms with Crippen LogP contribution in [0, 0.1) is 21.9 Å². The fourth-order valence-corrected chi connectivity index (χ4v) is 11.7. The second-order valence-corrected chi connectivity index (χ2v) is 20.3. The third-order valence-corrected chi connectivity index (χ3v) is 14.6. The fourth-order valence-electron chi connectivity index (χ4n) is 10.6. The zero-order chi connectivity index (χ0) is 53.6. The van der Waals surface area contributed by atoms with Crippen molar-refractivity contribution in [3.8, 4) is 67.5 Å². The molecule has 0 amide bonds. The SMILES string of the molecule is [2H]c1c([2H])c([2H])c(-c2cccc(-c3ccc(C(C)(C)C)cc3)c2-n2[c](=[Pt])n(-c3[c-]c(Oc4cc(C([2H])([2H])C(C)C)c5c(n4)N4B6c7c(cccc7-5)-c5ccccc5N6c5ccc[c-]c54)ccc3)c3ccccc32)c([2H])c1[2H]. The van der Waals surface area contributed by atoms with Crippen molar-refractivity contribution in [2.45, 2.75) is 46.4 Å². The molecule has 0 unspecified atom stereocenters. The second kappa shape index (κ2) is 16.3. The van der Waals surface area contributed by atoms with Crippen LogP contribution in [0.25, 0.3) is 66.9 Å². The Morgan fingerprint density at radius 3 is 2.14 bits per heavy atom. The van der Waals surface area contributed by atoms with Gasteiger partial charge in [-0.25, -0.2) is 0 Å². The Bertz CT molecular complexity index is 4180. The van der Waals surface area contributed by atoms with Gasteiger partial charge in [-0.05, 0) is 11.6 Å². The summed E-state index contributed by atoms with van der Waals surface area (Å²) in [5, 5.41) is 0. The first-order valence-corrected chi connectivity index (χ1v) is 24.7. The van der Waals surface area contributed by atoms with Crippen molar-refractivity contribution in [1.29, 1.82) is 0 Å². The van der Waals surface area contributed by atoms with Gasteiger partial charge in [0.05, 0.1) is 0 Å². The molecule has 0 spiro atoms. The Kier molecular flexibility index (Phi) is 8.30. The molecule has 8 aromatic carbocycles. The summed E-state index contributed by atoms with van der Waals surface area (Å²) >= 11 is 2.30. The normalized spacial score (nSPS) is 14.7. The van der Waals surface area contributed by atoms with E-state index in [1.807, 2.05) is 86.6 Å². The minimum absolute atomic E-state index is 0.0941. The summed E-state index contributed by atoms with van der Waals surface area (Å²) < 4.78 is 75.6. The summed E-state index contributed by atoms with van der Waals surface area (Å²) in [5.41, 5.74) is 14.5. The molecule has 0 radical (unpaired) electrons.